The van der Waals surface area contributed by atoms with Crippen molar-refractivity contribution in [3.05, 3.63) is 35.9 Å². The molecule has 1 fully saturated rings. The summed E-state index contributed by atoms with van der Waals surface area (Å²) in [5, 5.41) is 3.05. The molecule has 1 heterocycles. The quantitative estimate of drug-likeness (QED) is 0.858. The average molecular weight is 276 g/mol. The Hall–Kier alpha value is -1.39. The van der Waals surface area contributed by atoms with Gasteiger partial charge in [0.2, 0.25) is 5.91 Å². The highest BCUT2D eigenvalue weighted by Crippen LogP contribution is 2.34. The molecule has 0 radical (unpaired) electrons. The molecular weight excluding hydrogens is 252 g/mol. The highest BCUT2D eigenvalue weighted by molar-refractivity contribution is 5.76. The van der Waals surface area contributed by atoms with Crippen LogP contribution in [0.15, 0.2) is 30.3 Å². The van der Waals surface area contributed by atoms with Gasteiger partial charge in [0.25, 0.3) is 0 Å². The Balaban J connectivity index is 2.06. The van der Waals surface area contributed by atoms with E-state index < -0.39 is 0 Å². The van der Waals surface area contributed by atoms with E-state index in [0.29, 0.717) is 13.0 Å². The molecule has 0 bridgehead atoms. The molecule has 1 unspecified atom stereocenters. The Morgan fingerprint density at radius 1 is 1.35 bits per heavy atom. The van der Waals surface area contributed by atoms with Crippen LogP contribution in [0.25, 0.3) is 0 Å². The number of rotatable bonds is 5. The molecule has 20 heavy (non-hydrogen) atoms. The average Bonchev–Trinajstić information content (AvgIpc) is 2.46. The predicted molar refractivity (Wildman–Crippen MR) is 79.4 cm³/mol. The van der Waals surface area contributed by atoms with Crippen molar-refractivity contribution in [2.24, 2.45) is 5.73 Å². The lowest BCUT2D eigenvalue weighted by Gasteiger charge is -2.38. The van der Waals surface area contributed by atoms with Gasteiger partial charge in [0.1, 0.15) is 0 Å². The van der Waals surface area contributed by atoms with Gasteiger partial charge in [-0.1, -0.05) is 30.3 Å². The van der Waals surface area contributed by atoms with Gasteiger partial charge in [-0.05, 0) is 25.3 Å². The van der Waals surface area contributed by atoms with Crippen LogP contribution in [0.1, 0.15) is 31.7 Å². The molecule has 1 atom stereocenters. The van der Waals surface area contributed by atoms with Gasteiger partial charge in [0.05, 0.1) is 0 Å². The van der Waals surface area contributed by atoms with Crippen LogP contribution in [0.5, 0.6) is 0 Å². The molecule has 110 valence electrons. The normalized spacial score (nSPS) is 19.3. The molecule has 0 spiro atoms. The first-order chi connectivity index (χ1) is 9.62. The first-order valence-corrected chi connectivity index (χ1v) is 7.28. The summed E-state index contributed by atoms with van der Waals surface area (Å²) in [5.74, 6) is 0.0294. The molecule has 3 N–H and O–H groups in total. The summed E-state index contributed by atoms with van der Waals surface area (Å²) in [4.78, 5) is 11.8. The Morgan fingerprint density at radius 3 is 2.60 bits per heavy atom. The monoisotopic (exact) mass is 276 g/mol. The number of hydrogen-bond donors (Lipinski definition) is 2. The zero-order valence-corrected chi connectivity index (χ0v) is 12.1. The Bertz CT molecular complexity index is 425. The van der Waals surface area contributed by atoms with Crippen molar-refractivity contribution in [1.82, 2.24) is 5.32 Å². The maximum atomic E-state index is 11.8. The fourth-order valence-electron chi connectivity index (χ4n) is 2.75. The van der Waals surface area contributed by atoms with Crippen molar-refractivity contribution in [3.8, 4) is 0 Å². The van der Waals surface area contributed by atoms with Crippen LogP contribution in [0.4, 0.5) is 0 Å². The van der Waals surface area contributed by atoms with Crippen LogP contribution in [0, 0.1) is 0 Å². The van der Waals surface area contributed by atoms with Gasteiger partial charge in [-0.15, -0.1) is 0 Å². The Labute approximate surface area is 120 Å². The molecule has 1 aliphatic rings. The van der Waals surface area contributed by atoms with Crippen LogP contribution in [-0.4, -0.2) is 31.7 Å². The summed E-state index contributed by atoms with van der Waals surface area (Å²) in [5.41, 5.74) is 6.94. The van der Waals surface area contributed by atoms with Gasteiger partial charge in [0, 0.05) is 37.6 Å². The summed E-state index contributed by atoms with van der Waals surface area (Å²) in [6, 6.07) is 10.3. The van der Waals surface area contributed by atoms with E-state index in [9.17, 15) is 4.79 Å². The number of nitrogens with one attached hydrogen (secondary N) is 1. The van der Waals surface area contributed by atoms with E-state index in [2.05, 4.69) is 29.6 Å². The molecule has 4 heteroatoms. The second-order valence-corrected chi connectivity index (χ2v) is 5.72. The molecular formula is C16H24N2O2. The summed E-state index contributed by atoms with van der Waals surface area (Å²) >= 11 is 0. The number of carbonyl (C=O) groups is 1. The number of carbonyl (C=O) groups excluding carboxylic acids is 1. The lowest BCUT2D eigenvalue weighted by atomic mass is 9.74. The van der Waals surface area contributed by atoms with E-state index in [1.807, 2.05) is 13.0 Å². The third-order valence-electron chi connectivity index (χ3n) is 3.97. The molecule has 4 nitrogen and oxygen atoms in total. The standard InChI is InChI=1S/C16H24N2O2/c1-13(17)11-15(19)18-12-16(7-9-20-10-8-16)14-5-3-2-4-6-14/h2-6,13H,7-12,17H2,1H3,(H,18,19). The summed E-state index contributed by atoms with van der Waals surface area (Å²) in [6.07, 6.45) is 2.26. The highest BCUT2D eigenvalue weighted by Gasteiger charge is 2.34. The van der Waals surface area contributed by atoms with Gasteiger partial charge in [-0.25, -0.2) is 0 Å². The van der Waals surface area contributed by atoms with Crippen molar-refractivity contribution in [2.75, 3.05) is 19.8 Å². The second-order valence-electron chi connectivity index (χ2n) is 5.72. The van der Waals surface area contributed by atoms with Crippen LogP contribution in [-0.2, 0) is 14.9 Å². The Kier molecular flexibility index (Phi) is 5.15. The molecule has 1 aromatic rings. The number of hydrogen-bond acceptors (Lipinski definition) is 3. The Morgan fingerprint density at radius 2 is 2.00 bits per heavy atom. The van der Waals surface area contributed by atoms with E-state index in [0.717, 1.165) is 26.1 Å². The highest BCUT2D eigenvalue weighted by atomic mass is 16.5. The molecule has 1 amide bonds. The maximum absolute atomic E-state index is 11.8. The molecule has 0 aromatic heterocycles. The maximum Gasteiger partial charge on any atom is 0.221 e. The smallest absolute Gasteiger partial charge is 0.221 e. The van der Waals surface area contributed by atoms with Crippen molar-refractivity contribution < 1.29 is 9.53 Å². The zero-order chi connectivity index (χ0) is 14.4. The van der Waals surface area contributed by atoms with Crippen molar-refractivity contribution in [1.29, 1.82) is 0 Å². The van der Waals surface area contributed by atoms with Crippen molar-refractivity contribution >= 4 is 5.91 Å². The number of benzene rings is 1. The van der Waals surface area contributed by atoms with Crippen LogP contribution in [0.3, 0.4) is 0 Å². The van der Waals surface area contributed by atoms with Gasteiger partial charge >= 0.3 is 0 Å². The number of amides is 1. The van der Waals surface area contributed by atoms with E-state index >= 15 is 0 Å². The minimum Gasteiger partial charge on any atom is -0.381 e. The minimum absolute atomic E-state index is 0.00694. The molecule has 1 aromatic carbocycles. The van der Waals surface area contributed by atoms with Crippen LogP contribution >= 0.6 is 0 Å². The number of ether oxygens (including phenoxy) is 1. The molecule has 1 saturated heterocycles. The number of nitrogens with two attached hydrogens (primary N) is 1. The van der Waals surface area contributed by atoms with E-state index in [1.54, 1.807) is 0 Å². The fourth-order valence-corrected chi connectivity index (χ4v) is 2.75. The van der Waals surface area contributed by atoms with E-state index in [4.69, 9.17) is 10.5 Å². The third-order valence-corrected chi connectivity index (χ3v) is 3.97. The summed E-state index contributed by atoms with van der Waals surface area (Å²) in [6.45, 7) is 4.00. The summed E-state index contributed by atoms with van der Waals surface area (Å²) in [7, 11) is 0. The van der Waals surface area contributed by atoms with Crippen LogP contribution in [0.2, 0.25) is 0 Å². The zero-order valence-electron chi connectivity index (χ0n) is 12.1. The second kappa shape index (κ2) is 6.86. The first kappa shape index (κ1) is 15.0. The summed E-state index contributed by atoms with van der Waals surface area (Å²) < 4.78 is 5.48. The van der Waals surface area contributed by atoms with Crippen LogP contribution < -0.4 is 11.1 Å². The van der Waals surface area contributed by atoms with E-state index in [-0.39, 0.29) is 17.4 Å². The third kappa shape index (κ3) is 3.81. The lowest BCUT2D eigenvalue weighted by Crippen LogP contribution is -2.45. The van der Waals surface area contributed by atoms with Crippen molar-refractivity contribution in [2.45, 2.75) is 37.6 Å². The first-order valence-electron chi connectivity index (χ1n) is 7.28. The lowest BCUT2D eigenvalue weighted by molar-refractivity contribution is -0.121. The minimum atomic E-state index is -0.0997. The molecule has 0 saturated carbocycles. The fraction of sp³-hybridized carbons (Fsp3) is 0.562. The van der Waals surface area contributed by atoms with Gasteiger partial charge in [0.15, 0.2) is 0 Å². The van der Waals surface area contributed by atoms with E-state index in [1.165, 1.54) is 5.56 Å². The molecule has 2 rings (SSSR count). The topological polar surface area (TPSA) is 64.4 Å². The predicted octanol–water partition coefficient (Wildman–Crippen LogP) is 1.59. The largest absolute Gasteiger partial charge is 0.381 e. The molecule has 0 aliphatic carbocycles. The van der Waals surface area contributed by atoms with Gasteiger partial charge < -0.3 is 15.8 Å². The van der Waals surface area contributed by atoms with Gasteiger partial charge in [-0.2, -0.15) is 0 Å². The molecule has 1 aliphatic heterocycles. The SMILES string of the molecule is CC(N)CC(=O)NCC1(c2ccccc2)CCOCC1. The van der Waals surface area contributed by atoms with Crippen molar-refractivity contribution in [3.63, 3.8) is 0 Å². The van der Waals surface area contributed by atoms with Gasteiger partial charge in [-0.3, -0.25) is 4.79 Å².